The van der Waals surface area contributed by atoms with Gasteiger partial charge in [-0.1, -0.05) is 12.1 Å². The van der Waals surface area contributed by atoms with Crippen LogP contribution in [0.4, 0.5) is 0 Å². The number of benzene rings is 1. The normalized spacial score (nSPS) is 16.6. The van der Waals surface area contributed by atoms with Crippen molar-refractivity contribution in [1.29, 1.82) is 0 Å². The van der Waals surface area contributed by atoms with Crippen LogP contribution in [0.2, 0.25) is 0 Å². The van der Waals surface area contributed by atoms with E-state index in [0.717, 1.165) is 5.75 Å². The molecule has 4 heteroatoms. The predicted molar refractivity (Wildman–Crippen MR) is 69.4 cm³/mol. The lowest BCUT2D eigenvalue weighted by Crippen LogP contribution is -2.25. The van der Waals surface area contributed by atoms with E-state index in [9.17, 15) is 0 Å². The van der Waals surface area contributed by atoms with E-state index in [1.54, 1.807) is 14.2 Å². The van der Waals surface area contributed by atoms with Gasteiger partial charge in [-0.05, 0) is 36.5 Å². The lowest BCUT2D eigenvalue weighted by atomic mass is 10.0. The van der Waals surface area contributed by atoms with E-state index in [-0.39, 0.29) is 6.04 Å². The number of rotatable bonds is 8. The van der Waals surface area contributed by atoms with Crippen LogP contribution in [0.15, 0.2) is 24.3 Å². The van der Waals surface area contributed by atoms with Crippen LogP contribution in [0.25, 0.3) is 0 Å². The van der Waals surface area contributed by atoms with E-state index < -0.39 is 0 Å². The molecule has 1 aromatic rings. The molecule has 1 saturated carbocycles. The molecule has 2 rings (SSSR count). The molecule has 0 bridgehead atoms. The summed E-state index contributed by atoms with van der Waals surface area (Å²) in [6.45, 7) is 1.17. The van der Waals surface area contributed by atoms with Gasteiger partial charge in [0.1, 0.15) is 5.75 Å². The van der Waals surface area contributed by atoms with Crippen molar-refractivity contribution in [3.05, 3.63) is 29.8 Å². The standard InChI is InChI=1S/C14H21NO3/c1-16-9-10-18-15-14(11-3-4-11)12-5-7-13(17-2)8-6-12/h5-8,11,14-15H,3-4,9-10H2,1-2H3. The minimum absolute atomic E-state index is 0.271. The molecule has 18 heavy (non-hydrogen) atoms. The highest BCUT2D eigenvalue weighted by Crippen LogP contribution is 2.41. The molecule has 1 fully saturated rings. The molecule has 0 aromatic heterocycles. The van der Waals surface area contributed by atoms with E-state index in [1.807, 2.05) is 12.1 Å². The van der Waals surface area contributed by atoms with Gasteiger partial charge in [0.2, 0.25) is 0 Å². The third-order valence-corrected chi connectivity index (χ3v) is 3.17. The Hall–Kier alpha value is -1.10. The molecule has 1 aromatic carbocycles. The largest absolute Gasteiger partial charge is 0.497 e. The van der Waals surface area contributed by atoms with Gasteiger partial charge < -0.3 is 9.47 Å². The fourth-order valence-electron chi connectivity index (χ4n) is 1.95. The number of hydroxylamine groups is 1. The van der Waals surface area contributed by atoms with Crippen molar-refractivity contribution in [2.24, 2.45) is 5.92 Å². The molecule has 1 aliphatic rings. The molecular weight excluding hydrogens is 230 g/mol. The summed E-state index contributed by atoms with van der Waals surface area (Å²) in [5.74, 6) is 1.56. The first-order chi connectivity index (χ1) is 8.85. The average Bonchev–Trinajstić information content (AvgIpc) is 3.24. The molecule has 100 valence electrons. The SMILES string of the molecule is COCCONC(c1ccc(OC)cc1)C1CC1. The number of nitrogens with one attached hydrogen (secondary N) is 1. The second kappa shape index (κ2) is 6.73. The zero-order chi connectivity index (χ0) is 12.8. The summed E-state index contributed by atoms with van der Waals surface area (Å²) in [7, 11) is 3.35. The van der Waals surface area contributed by atoms with Crippen LogP contribution in [0.1, 0.15) is 24.4 Å². The molecule has 1 aliphatic carbocycles. The summed E-state index contributed by atoms with van der Waals surface area (Å²) in [6.07, 6.45) is 2.52. The molecule has 0 saturated heterocycles. The molecule has 1 unspecified atom stereocenters. The molecule has 4 nitrogen and oxygen atoms in total. The van der Waals surface area contributed by atoms with Crippen molar-refractivity contribution in [2.75, 3.05) is 27.4 Å². The first-order valence-electron chi connectivity index (χ1n) is 6.35. The van der Waals surface area contributed by atoms with Crippen molar-refractivity contribution in [3.8, 4) is 5.75 Å². The lowest BCUT2D eigenvalue weighted by molar-refractivity contribution is -0.0165. The van der Waals surface area contributed by atoms with Crippen LogP contribution in [0, 0.1) is 5.92 Å². The second-order valence-corrected chi connectivity index (χ2v) is 4.55. The van der Waals surface area contributed by atoms with Gasteiger partial charge in [-0.2, -0.15) is 5.48 Å². The maximum atomic E-state index is 5.44. The Morgan fingerprint density at radius 2 is 1.89 bits per heavy atom. The Labute approximate surface area is 108 Å². The fraction of sp³-hybridized carbons (Fsp3) is 0.571. The number of ether oxygens (including phenoxy) is 2. The van der Waals surface area contributed by atoms with Gasteiger partial charge in [0, 0.05) is 7.11 Å². The molecule has 1 atom stereocenters. The Morgan fingerprint density at radius 3 is 2.44 bits per heavy atom. The Morgan fingerprint density at radius 1 is 1.17 bits per heavy atom. The third kappa shape index (κ3) is 3.70. The molecule has 0 spiro atoms. The monoisotopic (exact) mass is 251 g/mol. The van der Waals surface area contributed by atoms with Crippen LogP contribution < -0.4 is 10.2 Å². The van der Waals surface area contributed by atoms with Crippen LogP contribution in [0.5, 0.6) is 5.75 Å². The molecule has 0 amide bonds. The lowest BCUT2D eigenvalue weighted by Gasteiger charge is -2.18. The third-order valence-electron chi connectivity index (χ3n) is 3.17. The highest BCUT2D eigenvalue weighted by atomic mass is 16.7. The summed E-state index contributed by atoms with van der Waals surface area (Å²) >= 11 is 0. The minimum atomic E-state index is 0.271. The van der Waals surface area contributed by atoms with E-state index in [0.29, 0.717) is 19.1 Å². The fourth-order valence-corrected chi connectivity index (χ4v) is 1.95. The van der Waals surface area contributed by atoms with Crippen LogP contribution in [-0.4, -0.2) is 27.4 Å². The number of hydrogen-bond acceptors (Lipinski definition) is 4. The molecule has 1 N–H and O–H groups in total. The Bertz CT molecular complexity index is 349. The highest BCUT2D eigenvalue weighted by Gasteiger charge is 2.32. The maximum Gasteiger partial charge on any atom is 0.118 e. The molecule has 0 aliphatic heterocycles. The summed E-state index contributed by atoms with van der Waals surface area (Å²) in [5.41, 5.74) is 4.40. The van der Waals surface area contributed by atoms with Gasteiger partial charge in [0.05, 0.1) is 26.4 Å². The summed E-state index contributed by atoms with van der Waals surface area (Å²) in [6, 6.07) is 8.43. The van der Waals surface area contributed by atoms with Gasteiger partial charge in [-0.3, -0.25) is 4.84 Å². The predicted octanol–water partition coefficient (Wildman–Crippen LogP) is 2.31. The molecule has 0 radical (unpaired) electrons. The van der Waals surface area contributed by atoms with Crippen molar-refractivity contribution in [1.82, 2.24) is 5.48 Å². The van der Waals surface area contributed by atoms with Crippen molar-refractivity contribution >= 4 is 0 Å². The number of methoxy groups -OCH3 is 2. The summed E-state index contributed by atoms with van der Waals surface area (Å²) < 4.78 is 10.1. The zero-order valence-electron chi connectivity index (χ0n) is 11.0. The summed E-state index contributed by atoms with van der Waals surface area (Å²) in [4.78, 5) is 5.44. The van der Waals surface area contributed by atoms with Gasteiger partial charge in [0.25, 0.3) is 0 Å². The number of hydrogen-bond donors (Lipinski definition) is 1. The smallest absolute Gasteiger partial charge is 0.118 e. The minimum Gasteiger partial charge on any atom is -0.497 e. The topological polar surface area (TPSA) is 39.7 Å². The van der Waals surface area contributed by atoms with Crippen molar-refractivity contribution < 1.29 is 14.3 Å². The molecule has 0 heterocycles. The van der Waals surface area contributed by atoms with Crippen molar-refractivity contribution in [2.45, 2.75) is 18.9 Å². The van der Waals surface area contributed by atoms with Crippen LogP contribution >= 0.6 is 0 Å². The van der Waals surface area contributed by atoms with Gasteiger partial charge in [-0.15, -0.1) is 0 Å². The second-order valence-electron chi connectivity index (χ2n) is 4.55. The highest BCUT2D eigenvalue weighted by molar-refractivity contribution is 5.29. The van der Waals surface area contributed by atoms with Crippen molar-refractivity contribution in [3.63, 3.8) is 0 Å². The average molecular weight is 251 g/mol. The first-order valence-corrected chi connectivity index (χ1v) is 6.35. The Kier molecular flexibility index (Phi) is 4.99. The van der Waals surface area contributed by atoms with Gasteiger partial charge in [0.15, 0.2) is 0 Å². The maximum absolute atomic E-state index is 5.44. The van der Waals surface area contributed by atoms with Gasteiger partial charge in [-0.25, -0.2) is 0 Å². The first kappa shape index (κ1) is 13.3. The van der Waals surface area contributed by atoms with Crippen LogP contribution in [-0.2, 0) is 9.57 Å². The van der Waals surface area contributed by atoms with E-state index in [1.165, 1.54) is 18.4 Å². The molecular formula is C14H21NO3. The van der Waals surface area contributed by atoms with E-state index in [4.69, 9.17) is 14.3 Å². The quantitative estimate of drug-likeness (QED) is 0.568. The zero-order valence-corrected chi connectivity index (χ0v) is 11.0. The summed E-state index contributed by atoms with van der Waals surface area (Å²) in [5, 5.41) is 0. The Balaban J connectivity index is 1.91. The van der Waals surface area contributed by atoms with Gasteiger partial charge >= 0.3 is 0 Å². The van der Waals surface area contributed by atoms with Crippen LogP contribution in [0.3, 0.4) is 0 Å². The van der Waals surface area contributed by atoms with E-state index in [2.05, 4.69) is 17.6 Å². The van der Waals surface area contributed by atoms with E-state index >= 15 is 0 Å².